The summed E-state index contributed by atoms with van der Waals surface area (Å²) in [4.78, 5) is 9.62. The number of hydrogen-bond acceptors (Lipinski definition) is 2. The molecule has 0 aliphatic rings. The number of hydrogen-bond donors (Lipinski definition) is 0. The maximum Gasteiger partial charge on any atom is 0.100 e. The quantitative estimate of drug-likeness (QED) is 0.304. The highest BCUT2D eigenvalue weighted by Crippen LogP contribution is 2.09. The van der Waals surface area contributed by atoms with Gasteiger partial charge in [0.1, 0.15) is 5.29 Å². The summed E-state index contributed by atoms with van der Waals surface area (Å²) in [5.41, 5.74) is 2.54. The van der Waals surface area contributed by atoms with Gasteiger partial charge in [-0.05, 0) is 22.8 Å². The zero-order valence-electron chi connectivity index (χ0n) is 10.5. The van der Waals surface area contributed by atoms with Gasteiger partial charge in [-0.3, -0.25) is 0 Å². The number of nitrogens with zero attached hydrogens (tertiary/aromatic N) is 3. The summed E-state index contributed by atoms with van der Waals surface area (Å²) in [7, 11) is 0. The average molecular weight is 243 g/mol. The molecular formula is C14H17N3O. The molecule has 0 bridgehead atoms. The van der Waals surface area contributed by atoms with Crippen molar-refractivity contribution in [2.24, 2.45) is 15.6 Å². The highest BCUT2D eigenvalue weighted by atomic mass is 16.3. The molecule has 4 heteroatoms. The lowest BCUT2D eigenvalue weighted by atomic mass is 10.1. The van der Waals surface area contributed by atoms with Crippen LogP contribution in [0.15, 0.2) is 58.1 Å². The summed E-state index contributed by atoms with van der Waals surface area (Å²) in [5.74, 6) is 0. The molecule has 0 heterocycles. The summed E-state index contributed by atoms with van der Waals surface area (Å²) >= 11 is 0. The molecule has 0 spiro atoms. The van der Waals surface area contributed by atoms with Gasteiger partial charge >= 0.3 is 0 Å². The standard InChI is InChI=1S/C14H17N3O/c1-2-7-13-9-6-10-14(12-13)8-4-3-5-11-15-16-17-18/h3-6,8-10,12H,2,7,11H2,1H3/b5-3+,8-4+,16-15?. The molecule has 0 radical (unpaired) electrons. The molecule has 18 heavy (non-hydrogen) atoms. The first-order chi connectivity index (χ1) is 8.86. The lowest BCUT2D eigenvalue weighted by molar-refractivity contribution is 0.921. The van der Waals surface area contributed by atoms with Gasteiger partial charge in [-0.2, -0.15) is 5.11 Å². The predicted molar refractivity (Wildman–Crippen MR) is 74.1 cm³/mol. The Morgan fingerprint density at radius 1 is 1.28 bits per heavy atom. The van der Waals surface area contributed by atoms with Crippen molar-refractivity contribution in [2.75, 3.05) is 6.54 Å². The highest BCUT2D eigenvalue weighted by Gasteiger charge is 1.91. The summed E-state index contributed by atoms with van der Waals surface area (Å²) < 4.78 is 0. The molecular weight excluding hydrogens is 226 g/mol. The van der Waals surface area contributed by atoms with E-state index in [0.29, 0.717) is 6.54 Å². The molecule has 0 amide bonds. The molecule has 0 saturated carbocycles. The second-order valence-electron chi connectivity index (χ2n) is 3.78. The third-order valence-electron chi connectivity index (χ3n) is 2.31. The number of rotatable bonds is 7. The molecule has 0 aromatic heterocycles. The molecule has 0 saturated heterocycles. The first-order valence-electron chi connectivity index (χ1n) is 5.98. The summed E-state index contributed by atoms with van der Waals surface area (Å²) in [6, 6.07) is 8.46. The number of allylic oxidation sites excluding steroid dienone is 2. The fourth-order valence-corrected chi connectivity index (χ4v) is 1.56. The van der Waals surface area contributed by atoms with Crippen LogP contribution < -0.4 is 0 Å². The van der Waals surface area contributed by atoms with Crippen LogP contribution >= 0.6 is 0 Å². The maximum absolute atomic E-state index is 9.62. The van der Waals surface area contributed by atoms with Crippen molar-refractivity contribution in [2.45, 2.75) is 19.8 Å². The van der Waals surface area contributed by atoms with Crippen LogP contribution in [0.25, 0.3) is 6.08 Å². The second kappa shape index (κ2) is 8.98. The Kier molecular flexibility index (Phi) is 6.97. The average Bonchev–Trinajstić information content (AvgIpc) is 2.39. The van der Waals surface area contributed by atoms with E-state index in [2.05, 4.69) is 46.8 Å². The Labute approximate surface area is 107 Å². The van der Waals surface area contributed by atoms with Gasteiger partial charge in [0, 0.05) is 0 Å². The van der Waals surface area contributed by atoms with Gasteiger partial charge in [-0.1, -0.05) is 61.9 Å². The molecule has 94 valence electrons. The summed E-state index contributed by atoms with van der Waals surface area (Å²) in [6.45, 7) is 2.54. The first-order valence-corrected chi connectivity index (χ1v) is 5.98. The van der Waals surface area contributed by atoms with E-state index in [9.17, 15) is 4.91 Å². The summed E-state index contributed by atoms with van der Waals surface area (Å²) in [5, 5.41) is 8.76. The Bertz CT molecular complexity index is 450. The Morgan fingerprint density at radius 3 is 2.94 bits per heavy atom. The molecule has 0 atom stereocenters. The van der Waals surface area contributed by atoms with Crippen molar-refractivity contribution >= 4 is 6.08 Å². The molecule has 0 aliphatic carbocycles. The van der Waals surface area contributed by atoms with E-state index >= 15 is 0 Å². The molecule has 1 rings (SSSR count). The number of aryl methyl sites for hydroxylation is 1. The minimum atomic E-state index is 0.367. The molecule has 0 fully saturated rings. The monoisotopic (exact) mass is 243 g/mol. The van der Waals surface area contributed by atoms with Gasteiger partial charge in [0.25, 0.3) is 0 Å². The van der Waals surface area contributed by atoms with Crippen molar-refractivity contribution in [3.63, 3.8) is 0 Å². The van der Waals surface area contributed by atoms with E-state index in [-0.39, 0.29) is 0 Å². The van der Waals surface area contributed by atoms with E-state index in [1.54, 1.807) is 6.08 Å². The van der Waals surface area contributed by atoms with Crippen LogP contribution in [0.1, 0.15) is 24.5 Å². The van der Waals surface area contributed by atoms with E-state index in [0.717, 1.165) is 12.8 Å². The van der Waals surface area contributed by atoms with Gasteiger partial charge in [-0.25, -0.2) is 0 Å². The Balaban J connectivity index is 2.48. The van der Waals surface area contributed by atoms with E-state index in [1.807, 2.05) is 18.2 Å². The zero-order chi connectivity index (χ0) is 13.1. The van der Waals surface area contributed by atoms with Crippen molar-refractivity contribution < 1.29 is 0 Å². The molecule has 0 aliphatic heterocycles. The lowest BCUT2D eigenvalue weighted by Gasteiger charge is -1.99. The lowest BCUT2D eigenvalue weighted by Crippen LogP contribution is -1.83. The number of nitroso groups, excluding NO2 is 1. The van der Waals surface area contributed by atoms with Crippen molar-refractivity contribution in [1.82, 2.24) is 0 Å². The second-order valence-corrected chi connectivity index (χ2v) is 3.78. The van der Waals surface area contributed by atoms with Gasteiger partial charge < -0.3 is 0 Å². The minimum absolute atomic E-state index is 0.367. The maximum atomic E-state index is 9.62. The fourth-order valence-electron chi connectivity index (χ4n) is 1.56. The SMILES string of the molecule is CCCc1cccc(/C=C/C=C/CN=NN=O)c1. The van der Waals surface area contributed by atoms with Crippen LogP contribution in [-0.2, 0) is 6.42 Å². The minimum Gasteiger partial charge on any atom is -0.162 e. The Morgan fingerprint density at radius 2 is 2.17 bits per heavy atom. The van der Waals surface area contributed by atoms with Crippen LogP contribution in [0.2, 0.25) is 0 Å². The van der Waals surface area contributed by atoms with E-state index in [4.69, 9.17) is 0 Å². The first kappa shape index (κ1) is 14.0. The largest absolute Gasteiger partial charge is 0.162 e. The van der Waals surface area contributed by atoms with Crippen molar-refractivity contribution in [1.29, 1.82) is 0 Å². The van der Waals surface area contributed by atoms with Gasteiger partial charge in [-0.15, -0.1) is 4.91 Å². The third kappa shape index (κ3) is 5.84. The van der Waals surface area contributed by atoms with Crippen LogP contribution in [-0.4, -0.2) is 6.54 Å². The Hall–Kier alpha value is -2.10. The van der Waals surface area contributed by atoms with Crippen molar-refractivity contribution in [3.8, 4) is 0 Å². The highest BCUT2D eigenvalue weighted by molar-refractivity contribution is 5.52. The van der Waals surface area contributed by atoms with Crippen LogP contribution in [0, 0.1) is 4.91 Å². The van der Waals surface area contributed by atoms with Gasteiger partial charge in [0.15, 0.2) is 0 Å². The zero-order valence-corrected chi connectivity index (χ0v) is 10.5. The van der Waals surface area contributed by atoms with Gasteiger partial charge in [0.2, 0.25) is 0 Å². The fraction of sp³-hybridized carbons (Fsp3) is 0.286. The summed E-state index contributed by atoms with van der Waals surface area (Å²) in [6.07, 6.45) is 9.91. The van der Waals surface area contributed by atoms with Crippen LogP contribution in [0.5, 0.6) is 0 Å². The predicted octanol–water partition coefficient (Wildman–Crippen LogP) is 4.34. The topological polar surface area (TPSA) is 54.1 Å². The smallest absolute Gasteiger partial charge is 0.100 e. The molecule has 0 N–H and O–H groups in total. The molecule has 1 aromatic rings. The molecule has 0 unspecified atom stereocenters. The third-order valence-corrected chi connectivity index (χ3v) is 2.31. The normalized spacial score (nSPS) is 11.8. The van der Waals surface area contributed by atoms with Crippen LogP contribution in [0.4, 0.5) is 0 Å². The number of benzene rings is 1. The van der Waals surface area contributed by atoms with E-state index < -0.39 is 0 Å². The van der Waals surface area contributed by atoms with E-state index in [1.165, 1.54) is 11.1 Å². The van der Waals surface area contributed by atoms with Gasteiger partial charge in [0.05, 0.1) is 6.54 Å². The molecule has 4 nitrogen and oxygen atoms in total. The molecule has 1 aromatic carbocycles. The van der Waals surface area contributed by atoms with Crippen LogP contribution in [0.3, 0.4) is 0 Å². The van der Waals surface area contributed by atoms with Crippen molar-refractivity contribution in [3.05, 3.63) is 58.5 Å².